The zero-order valence-corrected chi connectivity index (χ0v) is 11.2. The van der Waals surface area contributed by atoms with Crippen molar-refractivity contribution in [2.24, 2.45) is 5.41 Å². The molecule has 0 atom stereocenters. The van der Waals surface area contributed by atoms with Crippen LogP contribution in [0.1, 0.15) is 12.5 Å². The predicted octanol–water partition coefficient (Wildman–Crippen LogP) is 3.77. The van der Waals surface area contributed by atoms with Crippen molar-refractivity contribution in [3.05, 3.63) is 46.7 Å². The zero-order chi connectivity index (χ0) is 12.4. The molecule has 0 amide bonds. The fourth-order valence-corrected chi connectivity index (χ4v) is 2.90. The van der Waals surface area contributed by atoms with Crippen LogP contribution >= 0.6 is 11.3 Å². The average molecular weight is 260 g/mol. The first-order valence-electron chi connectivity index (χ1n) is 6.11. The molecule has 0 aliphatic carbocycles. The van der Waals surface area contributed by atoms with Gasteiger partial charge in [-0.05, 0) is 12.0 Å². The molecule has 0 unspecified atom stereocenters. The SMILES string of the molecule is CC1(Cc2ccccc2)COc2cscc2OC1. The van der Waals surface area contributed by atoms with Crippen LogP contribution in [-0.4, -0.2) is 13.2 Å². The Labute approximate surface area is 111 Å². The second-order valence-corrected chi connectivity index (χ2v) is 5.89. The molecule has 94 valence electrons. The van der Waals surface area contributed by atoms with Gasteiger partial charge in [0.2, 0.25) is 0 Å². The Morgan fingerprint density at radius 3 is 2.28 bits per heavy atom. The van der Waals surface area contributed by atoms with Crippen LogP contribution in [0.5, 0.6) is 11.5 Å². The van der Waals surface area contributed by atoms with Gasteiger partial charge in [-0.3, -0.25) is 0 Å². The molecule has 18 heavy (non-hydrogen) atoms. The zero-order valence-electron chi connectivity index (χ0n) is 10.4. The number of hydrogen-bond donors (Lipinski definition) is 0. The van der Waals surface area contributed by atoms with Gasteiger partial charge in [0.25, 0.3) is 0 Å². The van der Waals surface area contributed by atoms with Crippen LogP contribution in [-0.2, 0) is 6.42 Å². The fourth-order valence-electron chi connectivity index (χ4n) is 2.22. The molecule has 1 aliphatic heterocycles. The van der Waals surface area contributed by atoms with Crippen molar-refractivity contribution in [3.63, 3.8) is 0 Å². The summed E-state index contributed by atoms with van der Waals surface area (Å²) in [5, 5.41) is 4.01. The van der Waals surface area contributed by atoms with Gasteiger partial charge in [0.1, 0.15) is 0 Å². The number of rotatable bonds is 2. The minimum atomic E-state index is 0.0258. The normalized spacial score (nSPS) is 17.2. The molecule has 2 heterocycles. The van der Waals surface area contributed by atoms with Gasteiger partial charge in [0.15, 0.2) is 11.5 Å². The van der Waals surface area contributed by atoms with E-state index in [0.29, 0.717) is 13.2 Å². The third-order valence-corrected chi connectivity index (χ3v) is 3.92. The molecule has 1 aliphatic rings. The van der Waals surface area contributed by atoms with Gasteiger partial charge in [0, 0.05) is 16.2 Å². The number of fused-ring (bicyclic) bond motifs is 1. The molecular weight excluding hydrogens is 244 g/mol. The summed E-state index contributed by atoms with van der Waals surface area (Å²) in [5.41, 5.74) is 1.36. The maximum absolute atomic E-state index is 5.86. The van der Waals surface area contributed by atoms with E-state index in [1.807, 2.05) is 16.8 Å². The molecule has 1 aromatic heterocycles. The highest BCUT2D eigenvalue weighted by Gasteiger charge is 2.30. The molecule has 2 aromatic rings. The van der Waals surface area contributed by atoms with Crippen molar-refractivity contribution in [3.8, 4) is 11.5 Å². The summed E-state index contributed by atoms with van der Waals surface area (Å²) in [6, 6.07) is 10.5. The van der Waals surface area contributed by atoms with E-state index in [0.717, 1.165) is 17.9 Å². The van der Waals surface area contributed by atoms with Crippen LogP contribution in [0.3, 0.4) is 0 Å². The Balaban J connectivity index is 1.75. The van der Waals surface area contributed by atoms with Crippen LogP contribution in [0.2, 0.25) is 0 Å². The van der Waals surface area contributed by atoms with E-state index in [9.17, 15) is 0 Å². The molecule has 0 radical (unpaired) electrons. The van der Waals surface area contributed by atoms with Gasteiger partial charge >= 0.3 is 0 Å². The molecule has 0 bridgehead atoms. The molecule has 0 spiro atoms. The van der Waals surface area contributed by atoms with Crippen LogP contribution in [0.25, 0.3) is 0 Å². The smallest absolute Gasteiger partial charge is 0.171 e. The minimum absolute atomic E-state index is 0.0258. The summed E-state index contributed by atoms with van der Waals surface area (Å²) in [6.45, 7) is 3.62. The summed E-state index contributed by atoms with van der Waals surface area (Å²) in [6.07, 6.45) is 0.974. The van der Waals surface area contributed by atoms with Gasteiger partial charge in [-0.15, -0.1) is 11.3 Å². The van der Waals surface area contributed by atoms with Crippen LogP contribution < -0.4 is 9.47 Å². The van der Waals surface area contributed by atoms with Crippen LogP contribution in [0.15, 0.2) is 41.1 Å². The van der Waals surface area contributed by atoms with E-state index in [4.69, 9.17) is 9.47 Å². The van der Waals surface area contributed by atoms with Gasteiger partial charge in [-0.1, -0.05) is 37.3 Å². The standard InChI is InChI=1S/C15H16O2S/c1-15(7-12-5-3-2-4-6-12)10-16-13-8-18-9-14(13)17-11-15/h2-6,8-9H,7,10-11H2,1H3. The van der Waals surface area contributed by atoms with Gasteiger partial charge in [-0.25, -0.2) is 0 Å². The highest BCUT2D eigenvalue weighted by Crippen LogP contribution is 2.37. The molecule has 0 saturated carbocycles. The van der Waals surface area contributed by atoms with E-state index in [-0.39, 0.29) is 5.41 Å². The highest BCUT2D eigenvalue weighted by molar-refractivity contribution is 7.08. The summed E-state index contributed by atoms with van der Waals surface area (Å²) in [4.78, 5) is 0. The molecule has 0 saturated heterocycles. The number of ether oxygens (including phenoxy) is 2. The maximum atomic E-state index is 5.86. The van der Waals surface area contributed by atoms with Crippen LogP contribution in [0.4, 0.5) is 0 Å². The van der Waals surface area contributed by atoms with Crippen molar-refractivity contribution in [2.75, 3.05) is 13.2 Å². The van der Waals surface area contributed by atoms with Crippen molar-refractivity contribution in [1.82, 2.24) is 0 Å². The topological polar surface area (TPSA) is 18.5 Å². The third-order valence-electron chi connectivity index (χ3n) is 3.22. The maximum Gasteiger partial charge on any atom is 0.171 e. The Bertz CT molecular complexity index is 496. The van der Waals surface area contributed by atoms with Crippen LogP contribution in [0, 0.1) is 5.41 Å². The predicted molar refractivity (Wildman–Crippen MR) is 73.6 cm³/mol. The largest absolute Gasteiger partial charge is 0.488 e. The molecule has 1 aromatic carbocycles. The fraction of sp³-hybridized carbons (Fsp3) is 0.333. The summed E-state index contributed by atoms with van der Waals surface area (Å²) >= 11 is 1.62. The second-order valence-electron chi connectivity index (χ2n) is 5.15. The molecule has 0 N–H and O–H groups in total. The lowest BCUT2D eigenvalue weighted by atomic mass is 9.85. The lowest BCUT2D eigenvalue weighted by Gasteiger charge is -2.26. The Morgan fingerprint density at radius 1 is 1.06 bits per heavy atom. The minimum Gasteiger partial charge on any atom is -0.488 e. The van der Waals surface area contributed by atoms with Gasteiger partial charge in [0.05, 0.1) is 13.2 Å². The number of thiophene rings is 1. The third kappa shape index (κ3) is 2.36. The lowest BCUT2D eigenvalue weighted by Crippen LogP contribution is -2.32. The van der Waals surface area contributed by atoms with E-state index in [2.05, 4.69) is 31.2 Å². The van der Waals surface area contributed by atoms with Crippen molar-refractivity contribution >= 4 is 11.3 Å². The van der Waals surface area contributed by atoms with Crippen molar-refractivity contribution in [2.45, 2.75) is 13.3 Å². The second kappa shape index (κ2) is 4.65. The Kier molecular flexibility index (Phi) is 3.00. The molecule has 3 heteroatoms. The highest BCUT2D eigenvalue weighted by atomic mass is 32.1. The molecule has 3 rings (SSSR count). The van der Waals surface area contributed by atoms with Gasteiger partial charge in [-0.2, -0.15) is 0 Å². The van der Waals surface area contributed by atoms with Crippen molar-refractivity contribution in [1.29, 1.82) is 0 Å². The first-order chi connectivity index (χ1) is 8.75. The van der Waals surface area contributed by atoms with E-state index in [1.54, 1.807) is 11.3 Å². The van der Waals surface area contributed by atoms with Crippen molar-refractivity contribution < 1.29 is 9.47 Å². The summed E-state index contributed by atoms with van der Waals surface area (Å²) in [5.74, 6) is 1.77. The monoisotopic (exact) mass is 260 g/mol. The quantitative estimate of drug-likeness (QED) is 0.818. The Hall–Kier alpha value is -1.48. The Morgan fingerprint density at radius 2 is 1.67 bits per heavy atom. The summed E-state index contributed by atoms with van der Waals surface area (Å²) < 4.78 is 11.7. The average Bonchev–Trinajstić information content (AvgIpc) is 2.77. The molecular formula is C15H16O2S. The summed E-state index contributed by atoms with van der Waals surface area (Å²) in [7, 11) is 0. The van der Waals surface area contributed by atoms with E-state index >= 15 is 0 Å². The van der Waals surface area contributed by atoms with E-state index < -0.39 is 0 Å². The van der Waals surface area contributed by atoms with Gasteiger partial charge < -0.3 is 9.47 Å². The lowest BCUT2D eigenvalue weighted by molar-refractivity contribution is 0.121. The number of benzene rings is 1. The molecule has 2 nitrogen and oxygen atoms in total. The molecule has 0 fully saturated rings. The number of hydrogen-bond acceptors (Lipinski definition) is 3. The van der Waals surface area contributed by atoms with E-state index in [1.165, 1.54) is 5.56 Å². The first-order valence-corrected chi connectivity index (χ1v) is 7.05. The first kappa shape index (κ1) is 11.6.